The maximum absolute atomic E-state index is 13.5. The number of nitrogens with one attached hydrogen (secondary N) is 3. The summed E-state index contributed by atoms with van der Waals surface area (Å²) >= 11 is 0. The number of nitrogens with zero attached hydrogens (tertiary/aromatic N) is 1. The van der Waals surface area contributed by atoms with E-state index in [1.807, 2.05) is 36.5 Å². The SMILES string of the molecule is CCn1c2ccccc2c2cc(NC(=O)C(Cc3c[nH]c4ccc(O)cc34)NC(=O)CCCN)ccc21. The van der Waals surface area contributed by atoms with Crippen molar-refractivity contribution >= 4 is 50.2 Å². The smallest absolute Gasteiger partial charge is 0.247 e. The Labute approximate surface area is 214 Å². The van der Waals surface area contributed by atoms with Crippen molar-refractivity contribution in [3.05, 3.63) is 72.4 Å². The van der Waals surface area contributed by atoms with E-state index in [1.165, 1.54) is 0 Å². The van der Waals surface area contributed by atoms with Gasteiger partial charge in [0.15, 0.2) is 0 Å². The van der Waals surface area contributed by atoms with E-state index in [1.54, 1.807) is 18.2 Å². The number of phenolic OH excluding ortho intramolecular Hbond substituents is 1. The summed E-state index contributed by atoms with van der Waals surface area (Å²) in [6.45, 7) is 3.36. The molecule has 2 heterocycles. The number of carbonyl (C=O) groups excluding carboxylic acids is 2. The first-order valence-electron chi connectivity index (χ1n) is 12.6. The number of aromatic amines is 1. The molecule has 37 heavy (non-hydrogen) atoms. The van der Waals surface area contributed by atoms with Crippen molar-refractivity contribution in [2.45, 2.75) is 38.8 Å². The van der Waals surface area contributed by atoms with Gasteiger partial charge in [-0.1, -0.05) is 18.2 Å². The second kappa shape index (κ2) is 10.4. The number of para-hydroxylation sites is 1. The number of anilines is 1. The van der Waals surface area contributed by atoms with Crippen LogP contribution in [0.1, 0.15) is 25.3 Å². The Bertz CT molecular complexity index is 1600. The number of amides is 2. The number of aryl methyl sites for hydroxylation is 1. The van der Waals surface area contributed by atoms with Crippen molar-refractivity contribution in [2.24, 2.45) is 5.73 Å². The number of H-pyrrole nitrogens is 1. The van der Waals surface area contributed by atoms with Crippen molar-refractivity contribution in [2.75, 3.05) is 11.9 Å². The minimum Gasteiger partial charge on any atom is -0.508 e. The Hall–Kier alpha value is -4.30. The van der Waals surface area contributed by atoms with E-state index < -0.39 is 6.04 Å². The number of benzene rings is 3. The fourth-order valence-corrected chi connectivity index (χ4v) is 5.00. The summed E-state index contributed by atoms with van der Waals surface area (Å²) in [6, 6.07) is 18.4. The lowest BCUT2D eigenvalue weighted by Crippen LogP contribution is -2.45. The van der Waals surface area contributed by atoms with E-state index in [2.05, 4.69) is 39.2 Å². The van der Waals surface area contributed by atoms with E-state index in [4.69, 9.17) is 5.73 Å². The minimum absolute atomic E-state index is 0.140. The monoisotopic (exact) mass is 497 g/mol. The molecule has 0 aliphatic carbocycles. The van der Waals surface area contributed by atoms with E-state index in [0.29, 0.717) is 18.7 Å². The van der Waals surface area contributed by atoms with Gasteiger partial charge in [0.25, 0.3) is 0 Å². The van der Waals surface area contributed by atoms with Gasteiger partial charge in [0.05, 0.1) is 0 Å². The molecule has 0 radical (unpaired) electrons. The number of rotatable bonds is 9. The lowest BCUT2D eigenvalue weighted by atomic mass is 10.0. The number of phenols is 1. The highest BCUT2D eigenvalue weighted by Crippen LogP contribution is 2.31. The third-order valence-corrected chi connectivity index (χ3v) is 6.79. The molecule has 190 valence electrons. The van der Waals surface area contributed by atoms with Crippen molar-refractivity contribution in [3.8, 4) is 5.75 Å². The number of hydrogen-bond acceptors (Lipinski definition) is 4. The van der Waals surface area contributed by atoms with Gasteiger partial charge in [0.1, 0.15) is 11.8 Å². The molecule has 8 nitrogen and oxygen atoms in total. The van der Waals surface area contributed by atoms with Crippen LogP contribution in [0.4, 0.5) is 5.69 Å². The summed E-state index contributed by atoms with van der Waals surface area (Å²) in [5.74, 6) is -0.398. The van der Waals surface area contributed by atoms with Crippen molar-refractivity contribution in [3.63, 3.8) is 0 Å². The van der Waals surface area contributed by atoms with Crippen LogP contribution in [0.15, 0.2) is 66.9 Å². The van der Waals surface area contributed by atoms with Crippen LogP contribution in [0, 0.1) is 0 Å². The molecule has 0 aliphatic heterocycles. The van der Waals surface area contributed by atoms with Gasteiger partial charge in [0.2, 0.25) is 11.8 Å². The zero-order chi connectivity index (χ0) is 25.9. The number of aromatic nitrogens is 2. The number of hydrogen-bond donors (Lipinski definition) is 5. The topological polar surface area (TPSA) is 125 Å². The largest absolute Gasteiger partial charge is 0.508 e. The first kappa shape index (κ1) is 24.4. The average Bonchev–Trinajstić information content (AvgIpc) is 3.44. The van der Waals surface area contributed by atoms with Gasteiger partial charge in [-0.15, -0.1) is 0 Å². The van der Waals surface area contributed by atoms with Gasteiger partial charge in [-0.05, 0) is 67.9 Å². The van der Waals surface area contributed by atoms with Crippen LogP contribution in [-0.2, 0) is 22.6 Å². The van der Waals surface area contributed by atoms with Crippen LogP contribution in [0.2, 0.25) is 0 Å². The van der Waals surface area contributed by atoms with Gasteiger partial charge < -0.3 is 31.0 Å². The number of carbonyl (C=O) groups is 2. The Kier molecular flexibility index (Phi) is 6.83. The zero-order valence-electron chi connectivity index (χ0n) is 20.8. The molecule has 3 aromatic carbocycles. The third-order valence-electron chi connectivity index (χ3n) is 6.79. The molecule has 8 heteroatoms. The summed E-state index contributed by atoms with van der Waals surface area (Å²) in [4.78, 5) is 29.2. The number of aromatic hydroxyl groups is 1. The Morgan fingerprint density at radius 2 is 1.84 bits per heavy atom. The molecule has 2 aromatic heterocycles. The first-order chi connectivity index (χ1) is 18.0. The summed E-state index contributed by atoms with van der Waals surface area (Å²) in [7, 11) is 0. The van der Waals surface area contributed by atoms with E-state index in [-0.39, 0.29) is 30.4 Å². The Morgan fingerprint density at radius 1 is 1.03 bits per heavy atom. The predicted octanol–water partition coefficient (Wildman–Crippen LogP) is 4.41. The van der Waals surface area contributed by atoms with Gasteiger partial charge in [0, 0.05) is 64.0 Å². The second-order valence-corrected chi connectivity index (χ2v) is 9.24. The van der Waals surface area contributed by atoms with E-state index in [0.717, 1.165) is 44.8 Å². The zero-order valence-corrected chi connectivity index (χ0v) is 20.8. The maximum atomic E-state index is 13.5. The number of fused-ring (bicyclic) bond motifs is 4. The molecule has 6 N–H and O–H groups in total. The molecular formula is C29H31N5O3. The molecule has 0 saturated heterocycles. The highest BCUT2D eigenvalue weighted by Gasteiger charge is 2.23. The molecule has 0 spiro atoms. The van der Waals surface area contributed by atoms with Crippen LogP contribution in [0.25, 0.3) is 32.7 Å². The highest BCUT2D eigenvalue weighted by atomic mass is 16.3. The standard InChI is InChI=1S/C29H31N5O3/c1-2-34-26-7-4-3-6-21(26)23-15-19(9-12-27(23)34)32-29(37)25(33-28(36)8-5-13-30)14-18-17-31-24-11-10-20(35)16-22(18)24/h3-4,6-7,9-12,15-17,25,31,35H,2,5,8,13-14,30H2,1H3,(H,32,37)(H,33,36). The molecule has 0 saturated carbocycles. The number of nitrogens with two attached hydrogens (primary N) is 1. The maximum Gasteiger partial charge on any atom is 0.247 e. The quantitative estimate of drug-likeness (QED) is 0.207. The summed E-state index contributed by atoms with van der Waals surface area (Å²) in [5.41, 5.74) is 10.1. The van der Waals surface area contributed by atoms with E-state index >= 15 is 0 Å². The summed E-state index contributed by atoms with van der Waals surface area (Å²) in [5, 5.41) is 18.8. The van der Waals surface area contributed by atoms with Crippen LogP contribution in [-0.4, -0.2) is 39.1 Å². The molecule has 2 amide bonds. The fraction of sp³-hybridized carbons (Fsp3) is 0.241. The van der Waals surface area contributed by atoms with Crippen LogP contribution in [0.3, 0.4) is 0 Å². The van der Waals surface area contributed by atoms with Gasteiger partial charge in [-0.25, -0.2) is 0 Å². The highest BCUT2D eigenvalue weighted by molar-refractivity contribution is 6.10. The van der Waals surface area contributed by atoms with Gasteiger partial charge in [-0.3, -0.25) is 9.59 Å². The first-order valence-corrected chi connectivity index (χ1v) is 12.6. The summed E-state index contributed by atoms with van der Waals surface area (Å²) in [6.07, 6.45) is 2.86. The molecule has 1 atom stereocenters. The Morgan fingerprint density at radius 3 is 2.65 bits per heavy atom. The summed E-state index contributed by atoms with van der Waals surface area (Å²) < 4.78 is 2.25. The van der Waals surface area contributed by atoms with Crippen molar-refractivity contribution in [1.82, 2.24) is 14.9 Å². The van der Waals surface area contributed by atoms with Crippen LogP contribution in [0.5, 0.6) is 5.75 Å². The molecular weight excluding hydrogens is 466 g/mol. The average molecular weight is 498 g/mol. The van der Waals surface area contributed by atoms with Crippen LogP contribution < -0.4 is 16.4 Å². The van der Waals surface area contributed by atoms with Gasteiger partial charge >= 0.3 is 0 Å². The minimum atomic E-state index is -0.806. The third kappa shape index (κ3) is 4.88. The lowest BCUT2D eigenvalue weighted by Gasteiger charge is -2.19. The molecule has 1 unspecified atom stereocenters. The van der Waals surface area contributed by atoms with Crippen LogP contribution >= 0.6 is 0 Å². The predicted molar refractivity (Wildman–Crippen MR) is 148 cm³/mol. The second-order valence-electron chi connectivity index (χ2n) is 9.24. The molecule has 0 aliphatic rings. The van der Waals surface area contributed by atoms with Gasteiger partial charge in [-0.2, -0.15) is 0 Å². The van der Waals surface area contributed by atoms with Crippen molar-refractivity contribution in [1.29, 1.82) is 0 Å². The fourth-order valence-electron chi connectivity index (χ4n) is 5.00. The van der Waals surface area contributed by atoms with Crippen molar-refractivity contribution < 1.29 is 14.7 Å². The molecule has 5 aromatic rings. The molecule has 0 bridgehead atoms. The Balaban J connectivity index is 1.44. The normalized spacial score (nSPS) is 12.3. The molecule has 0 fully saturated rings. The lowest BCUT2D eigenvalue weighted by molar-refractivity contribution is -0.126. The molecule has 5 rings (SSSR count). The van der Waals surface area contributed by atoms with E-state index in [9.17, 15) is 14.7 Å².